The molecule has 0 saturated heterocycles. The minimum Gasteiger partial charge on any atom is -0.481 e. The van der Waals surface area contributed by atoms with Crippen molar-refractivity contribution in [2.45, 2.75) is 32.8 Å². The maximum Gasteiger partial charge on any atom is 0.306 e. The normalized spacial score (nSPS) is 29.5. The smallest absolute Gasteiger partial charge is 0.306 e. The Morgan fingerprint density at radius 2 is 2.36 bits per heavy atom. The van der Waals surface area contributed by atoms with Gasteiger partial charge in [-0.1, -0.05) is 18.6 Å². The van der Waals surface area contributed by atoms with Gasteiger partial charge in [-0.15, -0.1) is 0 Å². The van der Waals surface area contributed by atoms with Crippen LogP contribution in [0.15, 0.2) is 11.6 Å². The molecule has 0 amide bonds. The molecule has 0 aromatic carbocycles. The molecule has 80 valence electrons. The van der Waals surface area contributed by atoms with Crippen LogP contribution in [0.25, 0.3) is 0 Å². The second-order valence-electron chi connectivity index (χ2n) is 4.04. The fraction of sp³-hybridized carbons (Fsp3) is 0.727. The average Bonchev–Trinajstić information content (AvgIpc) is 2.16. The van der Waals surface area contributed by atoms with E-state index in [0.29, 0.717) is 0 Å². The van der Waals surface area contributed by atoms with Crippen LogP contribution in [0, 0.1) is 11.8 Å². The summed E-state index contributed by atoms with van der Waals surface area (Å²) in [6.07, 6.45) is 3.92. The van der Waals surface area contributed by atoms with Gasteiger partial charge in [-0.2, -0.15) is 0 Å². The highest BCUT2D eigenvalue weighted by molar-refractivity contribution is 5.70. The van der Waals surface area contributed by atoms with Gasteiger partial charge in [0.1, 0.15) is 0 Å². The van der Waals surface area contributed by atoms with Crippen molar-refractivity contribution < 1.29 is 14.6 Å². The molecule has 0 bridgehead atoms. The first-order valence-electron chi connectivity index (χ1n) is 4.99. The SMILES string of the molecule is CO[C@H]1C=C(C)CC[C@H]1[C@H](C)C(=O)O. The number of carboxylic acids is 1. The third kappa shape index (κ3) is 2.35. The third-order valence-corrected chi connectivity index (χ3v) is 3.05. The summed E-state index contributed by atoms with van der Waals surface area (Å²) in [6.45, 7) is 3.82. The molecule has 0 aromatic heterocycles. The summed E-state index contributed by atoms with van der Waals surface area (Å²) >= 11 is 0. The van der Waals surface area contributed by atoms with Gasteiger partial charge in [0.15, 0.2) is 0 Å². The molecule has 0 aliphatic heterocycles. The van der Waals surface area contributed by atoms with E-state index in [1.54, 1.807) is 14.0 Å². The number of aliphatic carboxylic acids is 1. The van der Waals surface area contributed by atoms with E-state index in [1.807, 2.05) is 6.08 Å². The van der Waals surface area contributed by atoms with E-state index >= 15 is 0 Å². The van der Waals surface area contributed by atoms with Crippen molar-refractivity contribution in [1.82, 2.24) is 0 Å². The number of carbonyl (C=O) groups is 1. The highest BCUT2D eigenvalue weighted by atomic mass is 16.5. The van der Waals surface area contributed by atoms with Crippen LogP contribution in [0.5, 0.6) is 0 Å². The van der Waals surface area contributed by atoms with E-state index < -0.39 is 5.97 Å². The van der Waals surface area contributed by atoms with Crippen molar-refractivity contribution in [2.24, 2.45) is 11.8 Å². The summed E-state index contributed by atoms with van der Waals surface area (Å²) in [7, 11) is 1.64. The zero-order valence-electron chi connectivity index (χ0n) is 8.99. The summed E-state index contributed by atoms with van der Waals surface area (Å²) in [5.74, 6) is -0.949. The van der Waals surface area contributed by atoms with Gasteiger partial charge < -0.3 is 9.84 Å². The summed E-state index contributed by atoms with van der Waals surface area (Å²) in [5.41, 5.74) is 1.30. The van der Waals surface area contributed by atoms with Crippen LogP contribution in [0.2, 0.25) is 0 Å². The number of hydrogen-bond acceptors (Lipinski definition) is 2. The van der Waals surface area contributed by atoms with Crippen LogP contribution < -0.4 is 0 Å². The van der Waals surface area contributed by atoms with Gasteiger partial charge in [-0.3, -0.25) is 4.79 Å². The molecule has 14 heavy (non-hydrogen) atoms. The predicted molar refractivity (Wildman–Crippen MR) is 54.1 cm³/mol. The van der Waals surface area contributed by atoms with Crippen molar-refractivity contribution in [1.29, 1.82) is 0 Å². The molecule has 1 N–H and O–H groups in total. The van der Waals surface area contributed by atoms with Gasteiger partial charge in [0.25, 0.3) is 0 Å². The van der Waals surface area contributed by atoms with Gasteiger partial charge in [0, 0.05) is 13.0 Å². The Kier molecular flexibility index (Phi) is 3.69. The fourth-order valence-electron chi connectivity index (χ4n) is 2.01. The maximum atomic E-state index is 10.9. The van der Waals surface area contributed by atoms with Gasteiger partial charge in [-0.25, -0.2) is 0 Å². The van der Waals surface area contributed by atoms with E-state index in [2.05, 4.69) is 6.92 Å². The lowest BCUT2D eigenvalue weighted by molar-refractivity contribution is -0.144. The summed E-state index contributed by atoms with van der Waals surface area (Å²) in [5, 5.41) is 8.94. The molecule has 3 nitrogen and oxygen atoms in total. The first-order chi connectivity index (χ1) is 6.56. The van der Waals surface area contributed by atoms with Crippen LogP contribution in [0.3, 0.4) is 0 Å². The first kappa shape index (κ1) is 11.2. The number of carboxylic acid groups (broad SMARTS) is 1. The number of methoxy groups -OCH3 is 1. The monoisotopic (exact) mass is 198 g/mol. The quantitative estimate of drug-likeness (QED) is 0.706. The van der Waals surface area contributed by atoms with Crippen LogP contribution in [-0.4, -0.2) is 24.3 Å². The van der Waals surface area contributed by atoms with Crippen LogP contribution in [-0.2, 0) is 9.53 Å². The minimum absolute atomic E-state index is 0.0325. The highest BCUT2D eigenvalue weighted by Crippen LogP contribution is 2.31. The zero-order valence-corrected chi connectivity index (χ0v) is 8.99. The molecule has 1 rings (SSSR count). The van der Waals surface area contributed by atoms with Crippen molar-refractivity contribution >= 4 is 5.97 Å². The molecule has 3 heteroatoms. The second-order valence-corrected chi connectivity index (χ2v) is 4.04. The molecule has 0 radical (unpaired) electrons. The molecule has 0 spiro atoms. The van der Waals surface area contributed by atoms with Gasteiger partial charge >= 0.3 is 5.97 Å². The Bertz CT molecular complexity index is 245. The van der Waals surface area contributed by atoms with Crippen molar-refractivity contribution in [3.05, 3.63) is 11.6 Å². The Morgan fingerprint density at radius 3 is 2.86 bits per heavy atom. The van der Waals surface area contributed by atoms with Crippen LogP contribution >= 0.6 is 0 Å². The average molecular weight is 198 g/mol. The van der Waals surface area contributed by atoms with Crippen molar-refractivity contribution in [3.8, 4) is 0 Å². The lowest BCUT2D eigenvalue weighted by Gasteiger charge is -2.31. The maximum absolute atomic E-state index is 10.9. The number of ether oxygens (including phenoxy) is 1. The Balaban J connectivity index is 2.74. The van der Waals surface area contributed by atoms with Gasteiger partial charge in [-0.05, 0) is 19.8 Å². The van der Waals surface area contributed by atoms with E-state index in [4.69, 9.17) is 9.84 Å². The number of hydrogen-bond donors (Lipinski definition) is 1. The molecule has 0 heterocycles. The van der Waals surface area contributed by atoms with Crippen molar-refractivity contribution in [3.63, 3.8) is 0 Å². The topological polar surface area (TPSA) is 46.5 Å². The standard InChI is InChI=1S/C11H18O3/c1-7-4-5-9(8(2)11(12)13)10(6-7)14-3/h6,8-10H,4-5H2,1-3H3,(H,12,13)/t8-,9-,10-/m0/s1. The van der Waals surface area contributed by atoms with E-state index in [0.717, 1.165) is 12.8 Å². The summed E-state index contributed by atoms with van der Waals surface area (Å²) in [6, 6.07) is 0. The zero-order chi connectivity index (χ0) is 10.7. The lowest BCUT2D eigenvalue weighted by atomic mass is 9.80. The molecule has 0 unspecified atom stereocenters. The Labute approximate surface area is 84.8 Å². The second kappa shape index (κ2) is 4.60. The highest BCUT2D eigenvalue weighted by Gasteiger charge is 2.32. The molecule has 0 saturated carbocycles. The molecule has 1 aliphatic rings. The largest absolute Gasteiger partial charge is 0.481 e. The Morgan fingerprint density at radius 1 is 1.71 bits per heavy atom. The summed E-state index contributed by atoms with van der Waals surface area (Å²) < 4.78 is 5.31. The van der Waals surface area contributed by atoms with E-state index in [-0.39, 0.29) is 17.9 Å². The van der Waals surface area contributed by atoms with Gasteiger partial charge in [0.05, 0.1) is 12.0 Å². The number of allylic oxidation sites excluding steroid dienone is 1. The molecular weight excluding hydrogens is 180 g/mol. The van der Waals surface area contributed by atoms with E-state index in [9.17, 15) is 4.79 Å². The lowest BCUT2D eigenvalue weighted by Crippen LogP contribution is -2.33. The van der Waals surface area contributed by atoms with Crippen molar-refractivity contribution in [2.75, 3.05) is 7.11 Å². The van der Waals surface area contributed by atoms with Gasteiger partial charge in [0.2, 0.25) is 0 Å². The first-order valence-corrected chi connectivity index (χ1v) is 4.99. The van der Waals surface area contributed by atoms with E-state index in [1.165, 1.54) is 5.57 Å². The number of rotatable bonds is 3. The third-order valence-electron chi connectivity index (χ3n) is 3.05. The molecule has 3 atom stereocenters. The Hall–Kier alpha value is -0.830. The minimum atomic E-state index is -0.731. The molecule has 0 aromatic rings. The molecule has 0 fully saturated rings. The van der Waals surface area contributed by atoms with Crippen LogP contribution in [0.1, 0.15) is 26.7 Å². The summed E-state index contributed by atoms with van der Waals surface area (Å²) in [4.78, 5) is 10.9. The predicted octanol–water partition coefficient (Wildman–Crippen LogP) is 2.08. The molecule has 1 aliphatic carbocycles. The molecular formula is C11H18O3. The fourth-order valence-corrected chi connectivity index (χ4v) is 2.01. The van der Waals surface area contributed by atoms with Crippen LogP contribution in [0.4, 0.5) is 0 Å².